The van der Waals surface area contributed by atoms with Gasteiger partial charge in [0.25, 0.3) is 0 Å². The molecule has 2 aromatic carbocycles. The third-order valence-corrected chi connectivity index (χ3v) is 7.46. The normalized spacial score (nSPS) is 12.3. The van der Waals surface area contributed by atoms with Crippen molar-refractivity contribution >= 4 is 11.5 Å². The van der Waals surface area contributed by atoms with Crippen molar-refractivity contribution < 1.29 is 14.3 Å². The van der Waals surface area contributed by atoms with Gasteiger partial charge >= 0.3 is 0 Å². The van der Waals surface area contributed by atoms with Crippen molar-refractivity contribution in [1.82, 2.24) is 4.90 Å². The molecule has 1 amide bonds. The monoisotopic (exact) mass is 521 g/mol. The summed E-state index contributed by atoms with van der Waals surface area (Å²) < 4.78 is 10.8. The number of methoxy groups -OCH3 is 2. The summed E-state index contributed by atoms with van der Waals surface area (Å²) in [6, 6.07) is 17.0. The van der Waals surface area contributed by atoms with Crippen molar-refractivity contribution in [2.24, 2.45) is 0 Å². The van der Waals surface area contributed by atoms with Crippen LogP contribution in [0.4, 0.5) is 0 Å². The first-order chi connectivity index (χ1) is 18.5. The van der Waals surface area contributed by atoms with Gasteiger partial charge in [0.15, 0.2) is 0 Å². The third kappa shape index (κ3) is 10.9. The van der Waals surface area contributed by atoms with Crippen LogP contribution in [0.15, 0.2) is 54.6 Å². The van der Waals surface area contributed by atoms with E-state index in [1.54, 1.807) is 14.2 Å². The molecule has 0 aliphatic heterocycles. The van der Waals surface area contributed by atoms with Gasteiger partial charge in [-0.25, -0.2) is 0 Å². The van der Waals surface area contributed by atoms with Gasteiger partial charge in [0.2, 0.25) is 5.91 Å². The van der Waals surface area contributed by atoms with Gasteiger partial charge in [-0.05, 0) is 73.1 Å². The van der Waals surface area contributed by atoms with Gasteiger partial charge in [-0.1, -0.05) is 82.7 Å². The second-order valence-corrected chi connectivity index (χ2v) is 10.3. The minimum Gasteiger partial charge on any atom is -0.497 e. The molecule has 210 valence electrons. The van der Waals surface area contributed by atoms with Crippen LogP contribution in [-0.4, -0.2) is 38.6 Å². The van der Waals surface area contributed by atoms with Gasteiger partial charge in [-0.15, -0.1) is 0 Å². The van der Waals surface area contributed by atoms with Crippen molar-refractivity contribution in [2.75, 3.05) is 27.8 Å². The standard InChI is InChI=1S/C34H51NO3/c1-6-8-27-35(3)34(36)18-16-14-12-10-9-11-13-15-17-33(29-21-25-31(38-5)26-22-29)32(7-2)28-19-23-30(37-4)24-20-28/h17,19-26,32H,6-16,18,27H2,1-5H3. The van der Waals surface area contributed by atoms with Gasteiger partial charge in [-0.3, -0.25) is 4.79 Å². The van der Waals surface area contributed by atoms with Gasteiger partial charge < -0.3 is 14.4 Å². The summed E-state index contributed by atoms with van der Waals surface area (Å²) in [4.78, 5) is 14.0. The lowest BCUT2D eigenvalue weighted by atomic mass is 9.84. The lowest BCUT2D eigenvalue weighted by Gasteiger charge is -2.21. The van der Waals surface area contributed by atoms with Crippen LogP contribution < -0.4 is 9.47 Å². The van der Waals surface area contributed by atoms with Gasteiger partial charge in [0.05, 0.1) is 14.2 Å². The first-order valence-corrected chi connectivity index (χ1v) is 14.8. The Hall–Kier alpha value is -2.75. The molecule has 0 N–H and O–H groups in total. The number of unbranched alkanes of at least 4 members (excludes halogenated alkanes) is 8. The first-order valence-electron chi connectivity index (χ1n) is 14.8. The summed E-state index contributed by atoms with van der Waals surface area (Å²) in [6.45, 7) is 5.32. The molecule has 0 radical (unpaired) electrons. The molecule has 0 fully saturated rings. The molecule has 1 unspecified atom stereocenters. The predicted octanol–water partition coefficient (Wildman–Crippen LogP) is 9.05. The smallest absolute Gasteiger partial charge is 0.222 e. The van der Waals surface area contributed by atoms with E-state index in [0.717, 1.165) is 56.6 Å². The van der Waals surface area contributed by atoms with Crippen LogP contribution in [0.1, 0.15) is 108 Å². The molecule has 0 spiro atoms. The fourth-order valence-corrected chi connectivity index (χ4v) is 4.99. The van der Waals surface area contributed by atoms with Crippen LogP contribution in [0.5, 0.6) is 11.5 Å². The van der Waals surface area contributed by atoms with Crippen molar-refractivity contribution in [3.8, 4) is 11.5 Å². The second-order valence-electron chi connectivity index (χ2n) is 10.3. The summed E-state index contributed by atoms with van der Waals surface area (Å²) in [5.74, 6) is 2.43. The number of benzene rings is 2. The molecule has 2 rings (SSSR count). The van der Waals surface area contributed by atoms with E-state index in [0.29, 0.717) is 18.2 Å². The highest BCUT2D eigenvalue weighted by atomic mass is 16.5. The van der Waals surface area contributed by atoms with Crippen molar-refractivity contribution in [3.63, 3.8) is 0 Å². The Balaban J connectivity index is 1.84. The average molecular weight is 522 g/mol. The summed E-state index contributed by atoms with van der Waals surface area (Å²) in [6.07, 6.45) is 15.9. The molecule has 0 heterocycles. The zero-order valence-corrected chi connectivity index (χ0v) is 24.6. The number of carbonyl (C=O) groups is 1. The number of ether oxygens (including phenoxy) is 2. The largest absolute Gasteiger partial charge is 0.497 e. The van der Waals surface area contributed by atoms with Crippen molar-refractivity contribution in [3.05, 3.63) is 65.7 Å². The summed E-state index contributed by atoms with van der Waals surface area (Å²) in [7, 11) is 5.36. The number of nitrogens with zero attached hydrogens (tertiary/aromatic N) is 1. The summed E-state index contributed by atoms with van der Waals surface area (Å²) >= 11 is 0. The molecule has 0 bridgehead atoms. The molecule has 4 nitrogen and oxygen atoms in total. The molecule has 0 aliphatic carbocycles. The van der Waals surface area contributed by atoms with Crippen LogP contribution >= 0.6 is 0 Å². The van der Waals surface area contributed by atoms with E-state index in [1.807, 2.05) is 11.9 Å². The van der Waals surface area contributed by atoms with Gasteiger partial charge in [0, 0.05) is 25.9 Å². The Labute approximate surface area is 232 Å². The number of rotatable bonds is 19. The zero-order valence-electron chi connectivity index (χ0n) is 24.6. The van der Waals surface area contributed by atoms with E-state index in [4.69, 9.17) is 9.47 Å². The maximum absolute atomic E-state index is 12.1. The first kappa shape index (κ1) is 31.5. The lowest BCUT2D eigenvalue weighted by Crippen LogP contribution is -2.27. The molecule has 0 saturated carbocycles. The molecule has 0 saturated heterocycles. The second kappa shape index (κ2) is 18.5. The predicted molar refractivity (Wildman–Crippen MR) is 161 cm³/mol. The van der Waals surface area contributed by atoms with Crippen LogP contribution in [-0.2, 0) is 4.79 Å². The number of amides is 1. The highest BCUT2D eigenvalue weighted by Gasteiger charge is 2.17. The molecular formula is C34H51NO3. The topological polar surface area (TPSA) is 38.8 Å². The SMILES string of the molecule is CCCCN(C)C(=O)CCCCCCCCCC=C(c1ccc(OC)cc1)C(CC)c1ccc(OC)cc1. The minimum absolute atomic E-state index is 0.304. The maximum Gasteiger partial charge on any atom is 0.222 e. The minimum atomic E-state index is 0.304. The fraction of sp³-hybridized carbons (Fsp3) is 0.559. The van der Waals surface area contributed by atoms with E-state index in [1.165, 1.54) is 48.8 Å². The number of hydrogen-bond donors (Lipinski definition) is 0. The van der Waals surface area contributed by atoms with Crippen molar-refractivity contribution in [1.29, 1.82) is 0 Å². The Morgan fingerprint density at radius 3 is 1.89 bits per heavy atom. The van der Waals surface area contributed by atoms with E-state index in [2.05, 4.69) is 68.5 Å². The van der Waals surface area contributed by atoms with Crippen LogP contribution in [0.25, 0.3) is 5.57 Å². The lowest BCUT2D eigenvalue weighted by molar-refractivity contribution is -0.130. The molecule has 38 heavy (non-hydrogen) atoms. The maximum atomic E-state index is 12.1. The van der Waals surface area contributed by atoms with Crippen LogP contribution in [0, 0.1) is 0 Å². The van der Waals surface area contributed by atoms with Crippen LogP contribution in [0.2, 0.25) is 0 Å². The summed E-state index contributed by atoms with van der Waals surface area (Å²) in [5.41, 5.74) is 3.99. The Bertz CT molecular complexity index is 933. The van der Waals surface area contributed by atoms with Crippen LogP contribution in [0.3, 0.4) is 0 Å². The molecular weight excluding hydrogens is 470 g/mol. The van der Waals surface area contributed by atoms with E-state index >= 15 is 0 Å². The fourth-order valence-electron chi connectivity index (χ4n) is 4.99. The Kier molecular flexibility index (Phi) is 15.3. The number of hydrogen-bond acceptors (Lipinski definition) is 3. The highest BCUT2D eigenvalue weighted by Crippen LogP contribution is 2.36. The van der Waals surface area contributed by atoms with E-state index in [9.17, 15) is 4.79 Å². The van der Waals surface area contributed by atoms with E-state index < -0.39 is 0 Å². The molecule has 1 atom stereocenters. The average Bonchev–Trinajstić information content (AvgIpc) is 2.96. The Morgan fingerprint density at radius 1 is 0.789 bits per heavy atom. The zero-order chi connectivity index (χ0) is 27.6. The molecule has 0 aromatic heterocycles. The van der Waals surface area contributed by atoms with E-state index in [-0.39, 0.29) is 0 Å². The number of carbonyl (C=O) groups excluding carboxylic acids is 1. The van der Waals surface area contributed by atoms with Crippen molar-refractivity contribution in [2.45, 2.75) is 96.8 Å². The highest BCUT2D eigenvalue weighted by molar-refractivity contribution is 5.75. The molecule has 4 heteroatoms. The van der Waals surface area contributed by atoms with Gasteiger partial charge in [-0.2, -0.15) is 0 Å². The summed E-state index contributed by atoms with van der Waals surface area (Å²) in [5, 5.41) is 0. The quantitative estimate of drug-likeness (QED) is 0.173. The number of allylic oxidation sites excluding steroid dienone is 2. The van der Waals surface area contributed by atoms with Gasteiger partial charge in [0.1, 0.15) is 11.5 Å². The Morgan fingerprint density at radius 2 is 1.34 bits per heavy atom. The molecule has 2 aromatic rings. The molecule has 0 aliphatic rings. The third-order valence-electron chi connectivity index (χ3n) is 7.46.